The van der Waals surface area contributed by atoms with Gasteiger partial charge in [-0.15, -0.1) is 6.58 Å². The second-order valence-electron chi connectivity index (χ2n) is 3.19. The molecular weight excluding hydrogens is 174 g/mol. The van der Waals surface area contributed by atoms with E-state index >= 15 is 0 Å². The zero-order valence-electron chi connectivity index (χ0n) is 8.32. The number of rotatable bonds is 5. The van der Waals surface area contributed by atoms with E-state index in [9.17, 15) is 0 Å². The minimum Gasteiger partial charge on any atom is -0.330 e. The van der Waals surface area contributed by atoms with Gasteiger partial charge in [0.25, 0.3) is 0 Å². The molecule has 3 nitrogen and oxygen atoms in total. The summed E-state index contributed by atoms with van der Waals surface area (Å²) in [5.74, 6) is 0.302. The standard InChI is InChI=1S/C11H17N3/c1-2-3-4-5-10(7-12)6-11-8-13-14-9-11/h2,4-6,8,10,14H,1,3,7,9,12H2/b5-4-,11-6+. The van der Waals surface area contributed by atoms with Crippen LogP contribution in [-0.4, -0.2) is 19.3 Å². The van der Waals surface area contributed by atoms with Crippen LogP contribution in [0.15, 0.2) is 41.6 Å². The summed E-state index contributed by atoms with van der Waals surface area (Å²) in [6.07, 6.45) is 10.9. The number of nitrogens with zero attached hydrogens (tertiary/aromatic N) is 1. The van der Waals surface area contributed by atoms with Crippen molar-refractivity contribution in [3.63, 3.8) is 0 Å². The van der Waals surface area contributed by atoms with Gasteiger partial charge in [0.15, 0.2) is 0 Å². The molecule has 1 atom stereocenters. The van der Waals surface area contributed by atoms with Crippen molar-refractivity contribution in [3.8, 4) is 0 Å². The molecule has 0 saturated heterocycles. The Kier molecular flexibility index (Phi) is 4.72. The van der Waals surface area contributed by atoms with Crippen LogP contribution in [0.4, 0.5) is 0 Å². The molecule has 0 bridgehead atoms. The maximum atomic E-state index is 5.65. The molecule has 76 valence electrons. The summed E-state index contributed by atoms with van der Waals surface area (Å²) >= 11 is 0. The van der Waals surface area contributed by atoms with Crippen LogP contribution in [0.5, 0.6) is 0 Å². The van der Waals surface area contributed by atoms with Crippen LogP contribution < -0.4 is 11.2 Å². The van der Waals surface area contributed by atoms with E-state index in [1.165, 1.54) is 5.57 Å². The number of nitrogens with one attached hydrogen (secondary N) is 1. The molecule has 0 aliphatic carbocycles. The van der Waals surface area contributed by atoms with E-state index in [2.05, 4.69) is 35.3 Å². The average molecular weight is 191 g/mol. The Bertz CT molecular complexity index is 264. The number of hydrazone groups is 1. The molecule has 3 heteroatoms. The summed E-state index contributed by atoms with van der Waals surface area (Å²) in [6.45, 7) is 5.10. The van der Waals surface area contributed by atoms with Crippen molar-refractivity contribution in [2.75, 3.05) is 13.1 Å². The molecule has 1 aliphatic rings. The highest BCUT2D eigenvalue weighted by molar-refractivity contribution is 5.80. The smallest absolute Gasteiger partial charge is 0.0592 e. The van der Waals surface area contributed by atoms with E-state index in [1.54, 1.807) is 0 Å². The second-order valence-corrected chi connectivity index (χ2v) is 3.19. The van der Waals surface area contributed by atoms with Crippen LogP contribution in [0.1, 0.15) is 6.42 Å². The Balaban J connectivity index is 2.49. The first-order chi connectivity index (χ1) is 6.86. The molecular formula is C11H17N3. The van der Waals surface area contributed by atoms with E-state index in [-0.39, 0.29) is 0 Å². The van der Waals surface area contributed by atoms with Gasteiger partial charge in [0.05, 0.1) is 12.8 Å². The minimum absolute atomic E-state index is 0.302. The summed E-state index contributed by atoms with van der Waals surface area (Å²) in [6, 6.07) is 0. The molecule has 0 amide bonds. The van der Waals surface area contributed by atoms with Gasteiger partial charge in [-0.1, -0.05) is 24.3 Å². The first-order valence-corrected chi connectivity index (χ1v) is 4.81. The van der Waals surface area contributed by atoms with Crippen molar-refractivity contribution in [3.05, 3.63) is 36.5 Å². The first kappa shape index (κ1) is 10.7. The van der Waals surface area contributed by atoms with Gasteiger partial charge >= 0.3 is 0 Å². The van der Waals surface area contributed by atoms with E-state index < -0.39 is 0 Å². The van der Waals surface area contributed by atoms with Crippen LogP contribution in [0, 0.1) is 5.92 Å². The largest absolute Gasteiger partial charge is 0.330 e. The highest BCUT2D eigenvalue weighted by Crippen LogP contribution is 2.05. The van der Waals surface area contributed by atoms with E-state index in [0.717, 1.165) is 13.0 Å². The van der Waals surface area contributed by atoms with Gasteiger partial charge in [0, 0.05) is 12.5 Å². The Morgan fingerprint density at radius 2 is 2.57 bits per heavy atom. The van der Waals surface area contributed by atoms with Gasteiger partial charge in [-0.05, 0) is 12.0 Å². The highest BCUT2D eigenvalue weighted by Gasteiger charge is 2.03. The maximum absolute atomic E-state index is 5.65. The van der Waals surface area contributed by atoms with Crippen molar-refractivity contribution >= 4 is 6.21 Å². The van der Waals surface area contributed by atoms with Crippen LogP contribution >= 0.6 is 0 Å². The predicted octanol–water partition coefficient (Wildman–Crippen LogP) is 1.21. The molecule has 0 radical (unpaired) electrons. The monoisotopic (exact) mass is 191 g/mol. The Hall–Kier alpha value is -1.35. The van der Waals surface area contributed by atoms with Crippen molar-refractivity contribution < 1.29 is 0 Å². The Morgan fingerprint density at radius 3 is 3.14 bits per heavy atom. The average Bonchev–Trinajstić information content (AvgIpc) is 2.69. The quantitative estimate of drug-likeness (QED) is 0.642. The fourth-order valence-corrected chi connectivity index (χ4v) is 1.24. The minimum atomic E-state index is 0.302. The third-order valence-corrected chi connectivity index (χ3v) is 1.99. The SMILES string of the molecule is C=CC/C=C\C(/C=C1\C=NNC1)CN. The molecule has 0 aromatic heterocycles. The fraction of sp³-hybridized carbons (Fsp3) is 0.364. The van der Waals surface area contributed by atoms with Gasteiger partial charge in [0.1, 0.15) is 0 Å². The molecule has 1 unspecified atom stereocenters. The van der Waals surface area contributed by atoms with Crippen LogP contribution in [0.2, 0.25) is 0 Å². The van der Waals surface area contributed by atoms with Crippen molar-refractivity contribution in [2.45, 2.75) is 6.42 Å². The molecule has 0 fully saturated rings. The first-order valence-electron chi connectivity index (χ1n) is 4.81. The normalized spacial score (nSPS) is 20.2. The van der Waals surface area contributed by atoms with Crippen LogP contribution in [0.3, 0.4) is 0 Å². The van der Waals surface area contributed by atoms with Crippen molar-refractivity contribution in [1.82, 2.24) is 5.43 Å². The van der Waals surface area contributed by atoms with E-state index in [0.29, 0.717) is 12.5 Å². The number of allylic oxidation sites excluding steroid dienone is 2. The Morgan fingerprint density at radius 1 is 1.71 bits per heavy atom. The molecule has 0 saturated carbocycles. The highest BCUT2D eigenvalue weighted by atomic mass is 15.3. The van der Waals surface area contributed by atoms with Gasteiger partial charge in [-0.2, -0.15) is 5.10 Å². The summed E-state index contributed by atoms with van der Waals surface area (Å²) in [5.41, 5.74) is 9.73. The molecule has 3 N–H and O–H groups in total. The topological polar surface area (TPSA) is 50.4 Å². The lowest BCUT2D eigenvalue weighted by molar-refractivity contribution is 0.800. The Labute approximate surface area is 85.1 Å². The lowest BCUT2D eigenvalue weighted by atomic mass is 10.1. The predicted molar refractivity (Wildman–Crippen MR) is 61.1 cm³/mol. The third-order valence-electron chi connectivity index (χ3n) is 1.99. The molecule has 1 aliphatic heterocycles. The molecule has 1 heterocycles. The lowest BCUT2D eigenvalue weighted by Crippen LogP contribution is -2.11. The van der Waals surface area contributed by atoms with Gasteiger partial charge < -0.3 is 11.2 Å². The van der Waals surface area contributed by atoms with Gasteiger partial charge in [-0.3, -0.25) is 0 Å². The molecule has 0 spiro atoms. The van der Waals surface area contributed by atoms with E-state index in [4.69, 9.17) is 5.73 Å². The fourth-order valence-electron chi connectivity index (χ4n) is 1.24. The van der Waals surface area contributed by atoms with Crippen molar-refractivity contribution in [1.29, 1.82) is 0 Å². The number of hydrogen-bond acceptors (Lipinski definition) is 3. The second kappa shape index (κ2) is 6.16. The summed E-state index contributed by atoms with van der Waals surface area (Å²) < 4.78 is 0. The van der Waals surface area contributed by atoms with Gasteiger partial charge in [-0.25, -0.2) is 0 Å². The van der Waals surface area contributed by atoms with E-state index in [1.807, 2.05) is 12.3 Å². The summed E-state index contributed by atoms with van der Waals surface area (Å²) in [4.78, 5) is 0. The summed E-state index contributed by atoms with van der Waals surface area (Å²) in [7, 11) is 0. The summed E-state index contributed by atoms with van der Waals surface area (Å²) in [5, 5.41) is 3.92. The lowest BCUT2D eigenvalue weighted by Gasteiger charge is -2.04. The molecule has 0 aromatic rings. The number of nitrogens with two attached hydrogens (primary N) is 1. The molecule has 1 rings (SSSR count). The number of hydrogen-bond donors (Lipinski definition) is 2. The van der Waals surface area contributed by atoms with Crippen molar-refractivity contribution in [2.24, 2.45) is 16.8 Å². The zero-order chi connectivity index (χ0) is 10.2. The maximum Gasteiger partial charge on any atom is 0.0592 e. The molecule has 14 heavy (non-hydrogen) atoms. The van der Waals surface area contributed by atoms with Crippen LogP contribution in [-0.2, 0) is 0 Å². The third kappa shape index (κ3) is 3.58. The molecule has 0 aromatic carbocycles. The zero-order valence-corrected chi connectivity index (χ0v) is 8.32. The van der Waals surface area contributed by atoms with Crippen LogP contribution in [0.25, 0.3) is 0 Å². The van der Waals surface area contributed by atoms with Gasteiger partial charge in [0.2, 0.25) is 0 Å².